The van der Waals surface area contributed by atoms with E-state index in [9.17, 15) is 0 Å². The number of hydrogen-bond donors (Lipinski definition) is 0. The molecule has 1 atom stereocenters. The predicted molar refractivity (Wildman–Crippen MR) is 104 cm³/mol. The molecule has 0 N–H and O–H groups in total. The second-order valence-corrected chi connectivity index (χ2v) is 10.7. The van der Waals surface area contributed by atoms with Crippen LogP contribution in [0.1, 0.15) is 30.0 Å². The van der Waals surface area contributed by atoms with Crippen molar-refractivity contribution in [2.45, 2.75) is 16.5 Å². The first kappa shape index (κ1) is 19.4. The Morgan fingerprint density at radius 3 is 2.33 bits per heavy atom. The Morgan fingerprint density at radius 1 is 0.917 bits per heavy atom. The fourth-order valence-electron chi connectivity index (χ4n) is 3.51. The monoisotopic (exact) mass is 432 g/mol. The minimum Gasteiger partial charge on any atom is -0.147 e. The third-order valence-electron chi connectivity index (χ3n) is 4.60. The number of fused-ring (bicyclic) bond motifs is 1. The van der Waals surface area contributed by atoms with Crippen molar-refractivity contribution in [2.75, 3.05) is 0 Å². The molecule has 3 heteroatoms. The van der Waals surface area contributed by atoms with Crippen molar-refractivity contribution in [2.24, 2.45) is 0 Å². The molecule has 0 amide bonds. The van der Waals surface area contributed by atoms with Crippen LogP contribution in [0.25, 0.3) is 11.6 Å². The molecular formula is C21H20Cl2Zr. The molecule has 2 aromatic rings. The van der Waals surface area contributed by atoms with Gasteiger partial charge < -0.3 is 0 Å². The molecule has 2 aliphatic rings. The third kappa shape index (κ3) is 3.40. The summed E-state index contributed by atoms with van der Waals surface area (Å²) in [6.45, 7) is 2.48. The van der Waals surface area contributed by atoms with Gasteiger partial charge in [0.15, 0.2) is 0 Å². The average Bonchev–Trinajstić information content (AvgIpc) is 3.15. The van der Waals surface area contributed by atoms with Gasteiger partial charge in [-0.15, -0.1) is 24.8 Å². The Bertz CT molecular complexity index is 806. The van der Waals surface area contributed by atoms with Gasteiger partial charge in [-0.2, -0.15) is 0 Å². The van der Waals surface area contributed by atoms with E-state index in [4.69, 9.17) is 0 Å². The Kier molecular flexibility index (Phi) is 6.48. The molecular weight excluding hydrogens is 414 g/mol. The van der Waals surface area contributed by atoms with Crippen LogP contribution in [0.2, 0.25) is 0 Å². The summed E-state index contributed by atoms with van der Waals surface area (Å²) >= 11 is -0.737. The van der Waals surface area contributed by atoms with E-state index in [-0.39, 0.29) is 27.9 Å². The molecule has 0 saturated heterocycles. The topological polar surface area (TPSA) is 0 Å². The molecule has 0 bridgehead atoms. The maximum Gasteiger partial charge on any atom is -0.147 e. The van der Waals surface area contributed by atoms with Gasteiger partial charge >= 0.3 is 144 Å². The number of rotatable bonds is 3. The van der Waals surface area contributed by atoms with Gasteiger partial charge in [-0.25, -0.2) is 0 Å². The Balaban J connectivity index is 0.00000104. The van der Waals surface area contributed by atoms with Crippen molar-refractivity contribution in [3.63, 3.8) is 0 Å². The van der Waals surface area contributed by atoms with Gasteiger partial charge in [0.2, 0.25) is 0 Å². The second kappa shape index (κ2) is 8.00. The van der Waals surface area contributed by atoms with Crippen LogP contribution in [-0.4, -0.2) is 0 Å². The van der Waals surface area contributed by atoms with Crippen LogP contribution in [0.4, 0.5) is 0 Å². The van der Waals surface area contributed by atoms with Crippen molar-refractivity contribution in [3.05, 3.63) is 92.8 Å². The Hall–Kier alpha value is -0.877. The van der Waals surface area contributed by atoms with E-state index in [0.717, 1.165) is 0 Å². The molecule has 0 aliphatic heterocycles. The minimum atomic E-state index is -0.737. The fourth-order valence-corrected chi connectivity index (χ4v) is 7.82. The second-order valence-electron chi connectivity index (χ2n) is 6.09. The van der Waals surface area contributed by atoms with Crippen molar-refractivity contribution >= 4 is 36.5 Å². The SMILES string of the molecule is C[C]1([Zr][C]2=CC=CC2)C(c2ccccc2)=Cc2ccccc21.Cl.Cl. The normalized spacial score (nSPS) is 20.4. The van der Waals surface area contributed by atoms with Gasteiger partial charge in [-0.3, -0.25) is 0 Å². The zero-order valence-electron chi connectivity index (χ0n) is 13.5. The van der Waals surface area contributed by atoms with Crippen molar-refractivity contribution < 1.29 is 23.2 Å². The van der Waals surface area contributed by atoms with Crippen LogP contribution >= 0.6 is 24.8 Å². The van der Waals surface area contributed by atoms with Crippen molar-refractivity contribution in [1.29, 1.82) is 0 Å². The summed E-state index contributed by atoms with van der Waals surface area (Å²) in [6, 6.07) is 19.9. The minimum absolute atomic E-state index is 0. The van der Waals surface area contributed by atoms with Crippen LogP contribution in [0.5, 0.6) is 0 Å². The summed E-state index contributed by atoms with van der Waals surface area (Å²) in [4.78, 5) is 0. The van der Waals surface area contributed by atoms with Crippen molar-refractivity contribution in [1.82, 2.24) is 0 Å². The maximum atomic E-state index is 2.48. The fraction of sp³-hybridized carbons (Fsp3) is 0.143. The van der Waals surface area contributed by atoms with Crippen LogP contribution in [-0.2, 0) is 26.4 Å². The molecule has 24 heavy (non-hydrogen) atoms. The van der Waals surface area contributed by atoms with E-state index in [0.29, 0.717) is 0 Å². The molecule has 0 radical (unpaired) electrons. The molecule has 0 heterocycles. The zero-order valence-corrected chi connectivity index (χ0v) is 17.6. The smallest absolute Gasteiger partial charge is 0.147 e. The number of benzene rings is 2. The number of hydrogen-bond acceptors (Lipinski definition) is 0. The summed E-state index contributed by atoms with van der Waals surface area (Å²) in [5.41, 5.74) is 5.85. The largest absolute Gasteiger partial charge is 0.147 e. The summed E-state index contributed by atoms with van der Waals surface area (Å²) < 4.78 is 1.93. The van der Waals surface area contributed by atoms with E-state index in [1.54, 1.807) is 3.28 Å². The van der Waals surface area contributed by atoms with E-state index in [1.165, 1.54) is 28.7 Å². The third-order valence-corrected chi connectivity index (χ3v) is 8.86. The molecule has 122 valence electrons. The molecule has 2 aliphatic carbocycles. The standard InChI is InChI=1S/C16H13.C5H5.2ClH.Zr/c1-12-15-10-6-5-9-14(15)11-16(12)13-7-3-2-4-8-13;1-2-4-5-3-1;;;/h2-11H,1H3;1-3H,4H2;2*1H;. The number of halogens is 2. The molecule has 0 saturated carbocycles. The first-order valence-corrected chi connectivity index (χ1v) is 10.2. The van der Waals surface area contributed by atoms with Crippen LogP contribution in [0, 0.1) is 0 Å². The van der Waals surface area contributed by atoms with E-state index in [1.807, 2.05) is 0 Å². The van der Waals surface area contributed by atoms with Gasteiger partial charge in [0.1, 0.15) is 0 Å². The van der Waals surface area contributed by atoms with E-state index in [2.05, 4.69) is 85.8 Å². The summed E-state index contributed by atoms with van der Waals surface area (Å²) in [5, 5.41) is 0. The molecule has 0 spiro atoms. The van der Waals surface area contributed by atoms with Crippen molar-refractivity contribution in [3.8, 4) is 0 Å². The van der Waals surface area contributed by atoms with Gasteiger partial charge in [0, 0.05) is 0 Å². The van der Waals surface area contributed by atoms with Crippen LogP contribution < -0.4 is 0 Å². The summed E-state index contributed by atoms with van der Waals surface area (Å²) in [6.07, 6.45) is 10.5. The Morgan fingerprint density at radius 2 is 1.62 bits per heavy atom. The molecule has 0 nitrogen and oxygen atoms in total. The van der Waals surface area contributed by atoms with Gasteiger partial charge in [0.25, 0.3) is 0 Å². The predicted octanol–water partition coefficient (Wildman–Crippen LogP) is 6.23. The van der Waals surface area contributed by atoms with Gasteiger partial charge in [0.05, 0.1) is 0 Å². The molecule has 0 fully saturated rings. The van der Waals surface area contributed by atoms with Crippen LogP contribution in [0.3, 0.4) is 0 Å². The molecule has 0 aromatic heterocycles. The molecule has 4 rings (SSSR count). The quantitative estimate of drug-likeness (QED) is 0.538. The number of allylic oxidation sites excluding steroid dienone is 5. The summed E-state index contributed by atoms with van der Waals surface area (Å²) in [5.74, 6) is 0. The maximum absolute atomic E-state index is 2.48. The van der Waals surface area contributed by atoms with Gasteiger partial charge in [-0.1, -0.05) is 0 Å². The van der Waals surface area contributed by atoms with E-state index < -0.39 is 23.2 Å². The first-order chi connectivity index (χ1) is 10.8. The summed E-state index contributed by atoms with van der Waals surface area (Å²) in [7, 11) is 0. The van der Waals surface area contributed by atoms with Gasteiger partial charge in [-0.05, 0) is 0 Å². The molecule has 2 aromatic carbocycles. The first-order valence-electron chi connectivity index (χ1n) is 7.78. The zero-order chi connectivity index (χ0) is 15.0. The van der Waals surface area contributed by atoms with E-state index >= 15 is 0 Å². The molecule has 1 unspecified atom stereocenters. The van der Waals surface area contributed by atoms with Crippen LogP contribution in [0.15, 0.2) is 76.1 Å². The average molecular weight is 435 g/mol. The Labute approximate surface area is 168 Å².